The van der Waals surface area contributed by atoms with Crippen LogP contribution in [0.25, 0.3) is 0 Å². The van der Waals surface area contributed by atoms with Gasteiger partial charge in [0.1, 0.15) is 9.84 Å². The molecule has 1 heterocycles. The second-order valence-corrected chi connectivity index (χ2v) is 7.00. The van der Waals surface area contributed by atoms with Gasteiger partial charge in [0.05, 0.1) is 0 Å². The molecule has 0 bridgehead atoms. The molecule has 0 aromatic heterocycles. The minimum absolute atomic E-state index is 0.348. The lowest BCUT2D eigenvalue weighted by atomic mass is 10.4. The number of hydrogen-bond donors (Lipinski definition) is 0. The van der Waals surface area contributed by atoms with Crippen LogP contribution in [0, 0.1) is 0 Å². The minimum Gasteiger partial charge on any atom is -0.229 e. The fraction of sp³-hybridized carbons (Fsp3) is 1.00. The lowest BCUT2D eigenvalue weighted by Gasteiger charge is -1.96. The molecule has 0 N–H and O–H groups in total. The molecule has 0 atom stereocenters. The Bertz CT molecular complexity index is 187. The summed E-state index contributed by atoms with van der Waals surface area (Å²) in [6.45, 7) is 3.76. The fourth-order valence-electron chi connectivity index (χ4n) is 1.23. The molecule has 1 aliphatic heterocycles. The van der Waals surface area contributed by atoms with E-state index in [2.05, 4.69) is 11.8 Å². The number of hydrogen-bond acceptors (Lipinski definition) is 3. The first-order valence-corrected chi connectivity index (χ1v) is 8.38. The highest BCUT2D eigenvalue weighted by Crippen LogP contribution is 2.14. The summed E-state index contributed by atoms with van der Waals surface area (Å²) in [4.78, 5) is 0. The van der Waals surface area contributed by atoms with Crippen molar-refractivity contribution in [3.63, 3.8) is 0 Å². The van der Waals surface area contributed by atoms with E-state index in [1.165, 1.54) is 24.3 Å². The van der Waals surface area contributed by atoms with Crippen LogP contribution in [0.4, 0.5) is 0 Å². The number of thioether (sulfide) groups is 1. The first kappa shape index (κ1) is 14.3. The predicted molar refractivity (Wildman–Crippen MR) is 65.8 cm³/mol. The maximum Gasteiger partial charge on any atom is 0.150 e. The van der Waals surface area contributed by atoms with Crippen LogP contribution >= 0.6 is 11.8 Å². The largest absolute Gasteiger partial charge is 0.229 e. The van der Waals surface area contributed by atoms with Gasteiger partial charge in [0.25, 0.3) is 0 Å². The first-order valence-electron chi connectivity index (χ1n) is 5.40. The molecule has 2 nitrogen and oxygen atoms in total. The third-order valence-corrected chi connectivity index (χ3v) is 5.07. The summed E-state index contributed by atoms with van der Waals surface area (Å²) in [5, 5.41) is 0. The van der Waals surface area contributed by atoms with Gasteiger partial charge in [-0.15, -0.1) is 0 Å². The van der Waals surface area contributed by atoms with Gasteiger partial charge in [0.2, 0.25) is 0 Å². The van der Waals surface area contributed by atoms with Crippen molar-refractivity contribution >= 4 is 21.6 Å². The van der Waals surface area contributed by atoms with Crippen molar-refractivity contribution in [2.75, 3.05) is 23.0 Å². The van der Waals surface area contributed by atoms with E-state index in [0.29, 0.717) is 11.5 Å². The van der Waals surface area contributed by atoms with Crippen LogP contribution < -0.4 is 0 Å². The van der Waals surface area contributed by atoms with E-state index in [4.69, 9.17) is 0 Å². The lowest BCUT2D eigenvalue weighted by molar-refractivity contribution is 0.593. The molecule has 1 rings (SSSR count). The van der Waals surface area contributed by atoms with Crippen molar-refractivity contribution in [2.24, 2.45) is 0 Å². The van der Waals surface area contributed by atoms with E-state index in [9.17, 15) is 8.42 Å². The smallest absolute Gasteiger partial charge is 0.150 e. The quantitative estimate of drug-likeness (QED) is 0.755. The van der Waals surface area contributed by atoms with E-state index < -0.39 is 9.84 Å². The van der Waals surface area contributed by atoms with Crippen molar-refractivity contribution in [3.8, 4) is 0 Å². The molecule has 1 aliphatic rings. The molecule has 0 unspecified atom stereocenters. The zero-order valence-electron chi connectivity index (χ0n) is 9.29. The Morgan fingerprint density at radius 3 is 1.64 bits per heavy atom. The molecule has 0 spiro atoms. The van der Waals surface area contributed by atoms with Crippen molar-refractivity contribution in [1.82, 2.24) is 0 Å². The summed E-state index contributed by atoms with van der Waals surface area (Å²) in [6.07, 6.45) is 4.40. The van der Waals surface area contributed by atoms with Gasteiger partial charge in [0, 0.05) is 11.5 Å². The van der Waals surface area contributed by atoms with Crippen molar-refractivity contribution in [1.29, 1.82) is 0 Å². The van der Waals surface area contributed by atoms with Crippen LogP contribution in [0.2, 0.25) is 0 Å². The SMILES string of the molecule is C1CCSC1.CCCS(=O)(=O)CCC. The molecular formula is C10H22O2S2. The highest BCUT2D eigenvalue weighted by molar-refractivity contribution is 7.99. The van der Waals surface area contributed by atoms with Crippen LogP contribution in [-0.4, -0.2) is 31.4 Å². The number of sulfone groups is 1. The van der Waals surface area contributed by atoms with E-state index in [1.54, 1.807) is 0 Å². The van der Waals surface area contributed by atoms with Gasteiger partial charge < -0.3 is 0 Å². The molecule has 0 aromatic rings. The van der Waals surface area contributed by atoms with Crippen LogP contribution in [-0.2, 0) is 9.84 Å². The molecule has 86 valence electrons. The molecule has 0 radical (unpaired) electrons. The minimum atomic E-state index is -2.68. The van der Waals surface area contributed by atoms with Gasteiger partial charge in [-0.1, -0.05) is 13.8 Å². The molecule has 4 heteroatoms. The molecule has 1 saturated heterocycles. The monoisotopic (exact) mass is 238 g/mol. The van der Waals surface area contributed by atoms with Gasteiger partial charge in [-0.05, 0) is 37.2 Å². The second-order valence-electron chi connectivity index (χ2n) is 3.47. The van der Waals surface area contributed by atoms with Gasteiger partial charge in [-0.3, -0.25) is 0 Å². The van der Waals surface area contributed by atoms with Gasteiger partial charge in [-0.25, -0.2) is 8.42 Å². The second kappa shape index (κ2) is 8.60. The van der Waals surface area contributed by atoms with E-state index in [1.807, 2.05) is 13.8 Å². The summed E-state index contributed by atoms with van der Waals surface area (Å²) in [6, 6.07) is 0. The predicted octanol–water partition coefficient (Wildman–Crippen LogP) is 2.73. The Hall–Kier alpha value is 0.300. The molecule has 1 fully saturated rings. The Labute approximate surface area is 92.8 Å². The standard InChI is InChI=1S/C6H14O2S.C4H8S/c1-3-5-9(7,8)6-4-2;1-2-4-5-3-1/h3-6H2,1-2H3;1-4H2. The van der Waals surface area contributed by atoms with Gasteiger partial charge in [-0.2, -0.15) is 11.8 Å². The highest BCUT2D eigenvalue weighted by atomic mass is 32.2. The summed E-state index contributed by atoms with van der Waals surface area (Å²) >= 11 is 2.07. The number of rotatable bonds is 4. The lowest BCUT2D eigenvalue weighted by Crippen LogP contribution is -2.08. The van der Waals surface area contributed by atoms with Crippen LogP contribution in [0.15, 0.2) is 0 Å². The van der Waals surface area contributed by atoms with Crippen LogP contribution in [0.3, 0.4) is 0 Å². The zero-order chi connectivity index (χ0) is 10.9. The van der Waals surface area contributed by atoms with Gasteiger partial charge in [0.15, 0.2) is 0 Å². The topological polar surface area (TPSA) is 34.1 Å². The highest BCUT2D eigenvalue weighted by Gasteiger charge is 2.05. The fourth-order valence-corrected chi connectivity index (χ4v) is 3.70. The molecule has 14 heavy (non-hydrogen) atoms. The first-order chi connectivity index (χ1) is 6.62. The Kier molecular flexibility index (Phi) is 8.78. The Morgan fingerprint density at radius 2 is 1.43 bits per heavy atom. The molecule has 0 aromatic carbocycles. The Morgan fingerprint density at radius 1 is 1.00 bits per heavy atom. The summed E-state index contributed by atoms with van der Waals surface area (Å²) in [7, 11) is -2.68. The third kappa shape index (κ3) is 8.88. The zero-order valence-corrected chi connectivity index (χ0v) is 10.9. The van der Waals surface area contributed by atoms with Crippen molar-refractivity contribution < 1.29 is 8.42 Å². The third-order valence-electron chi connectivity index (χ3n) is 1.86. The molecule has 0 amide bonds. The van der Waals surface area contributed by atoms with Crippen LogP contribution in [0.1, 0.15) is 39.5 Å². The summed E-state index contributed by atoms with van der Waals surface area (Å²) in [5.41, 5.74) is 0. The summed E-state index contributed by atoms with van der Waals surface area (Å²) in [5.74, 6) is 3.53. The van der Waals surface area contributed by atoms with Gasteiger partial charge >= 0.3 is 0 Å². The normalized spacial score (nSPS) is 16.1. The Balaban J connectivity index is 0.000000280. The maximum absolute atomic E-state index is 10.8. The van der Waals surface area contributed by atoms with E-state index in [-0.39, 0.29) is 0 Å². The summed E-state index contributed by atoms with van der Waals surface area (Å²) < 4.78 is 21.7. The van der Waals surface area contributed by atoms with E-state index >= 15 is 0 Å². The average Bonchev–Trinajstić information content (AvgIpc) is 2.59. The van der Waals surface area contributed by atoms with E-state index in [0.717, 1.165) is 12.8 Å². The van der Waals surface area contributed by atoms with Crippen molar-refractivity contribution in [3.05, 3.63) is 0 Å². The average molecular weight is 238 g/mol. The maximum atomic E-state index is 10.8. The van der Waals surface area contributed by atoms with Crippen molar-refractivity contribution in [2.45, 2.75) is 39.5 Å². The molecule has 0 saturated carbocycles. The molecular weight excluding hydrogens is 216 g/mol. The van der Waals surface area contributed by atoms with Crippen LogP contribution in [0.5, 0.6) is 0 Å². The molecule has 0 aliphatic carbocycles.